The van der Waals surface area contributed by atoms with Crippen molar-refractivity contribution in [3.63, 3.8) is 0 Å². The van der Waals surface area contributed by atoms with Crippen LogP contribution in [0, 0.1) is 0 Å². The molecule has 0 saturated heterocycles. The molecule has 140 valence electrons. The molecule has 2 rings (SSSR count). The standard InChI is InChI=1S/C19H23ClN2O3S/c1-26(24,25)22(12-10-16-8-5-9-18(20)14-16)13-11-19(23)21-15-17-6-3-2-4-7-17/h2-9,14H,10-13,15H2,1H3,(H,21,23). The highest BCUT2D eigenvalue weighted by atomic mass is 35.5. The Morgan fingerprint density at radius 1 is 1.04 bits per heavy atom. The Bertz CT molecular complexity index is 826. The number of benzene rings is 2. The van der Waals surface area contributed by atoms with Crippen molar-refractivity contribution < 1.29 is 13.2 Å². The summed E-state index contributed by atoms with van der Waals surface area (Å²) in [6.07, 6.45) is 1.82. The molecular formula is C19H23ClN2O3S. The lowest BCUT2D eigenvalue weighted by Gasteiger charge is -2.19. The third-order valence-corrected chi connectivity index (χ3v) is 5.47. The molecule has 0 atom stereocenters. The zero-order chi connectivity index (χ0) is 19.0. The van der Waals surface area contributed by atoms with E-state index < -0.39 is 10.0 Å². The van der Waals surface area contributed by atoms with Gasteiger partial charge in [0.25, 0.3) is 0 Å². The number of sulfonamides is 1. The summed E-state index contributed by atoms with van der Waals surface area (Å²) >= 11 is 5.95. The molecule has 26 heavy (non-hydrogen) atoms. The predicted octanol–water partition coefficient (Wildman–Crippen LogP) is 2.85. The average molecular weight is 395 g/mol. The van der Waals surface area contributed by atoms with Gasteiger partial charge in [-0.15, -0.1) is 0 Å². The number of rotatable bonds is 9. The Morgan fingerprint density at radius 2 is 1.73 bits per heavy atom. The van der Waals surface area contributed by atoms with E-state index >= 15 is 0 Å². The van der Waals surface area contributed by atoms with Crippen LogP contribution in [0.5, 0.6) is 0 Å². The first-order valence-corrected chi connectivity index (χ1v) is 10.6. The van der Waals surface area contributed by atoms with E-state index in [0.29, 0.717) is 24.5 Å². The fraction of sp³-hybridized carbons (Fsp3) is 0.316. The summed E-state index contributed by atoms with van der Waals surface area (Å²) < 4.78 is 25.3. The van der Waals surface area contributed by atoms with E-state index in [0.717, 1.165) is 17.4 Å². The highest BCUT2D eigenvalue weighted by Gasteiger charge is 2.17. The lowest BCUT2D eigenvalue weighted by molar-refractivity contribution is -0.121. The lowest BCUT2D eigenvalue weighted by atomic mass is 10.1. The van der Waals surface area contributed by atoms with Gasteiger partial charge in [-0.3, -0.25) is 4.79 Å². The van der Waals surface area contributed by atoms with Crippen LogP contribution in [0.25, 0.3) is 0 Å². The number of hydrogen-bond donors (Lipinski definition) is 1. The van der Waals surface area contributed by atoms with Gasteiger partial charge in [-0.2, -0.15) is 0 Å². The van der Waals surface area contributed by atoms with Crippen molar-refractivity contribution in [1.29, 1.82) is 0 Å². The molecule has 5 nitrogen and oxygen atoms in total. The van der Waals surface area contributed by atoms with Crippen LogP contribution in [-0.4, -0.2) is 38.0 Å². The molecule has 0 fully saturated rings. The minimum absolute atomic E-state index is 0.120. The van der Waals surface area contributed by atoms with Crippen LogP contribution in [0.3, 0.4) is 0 Å². The molecular weight excluding hydrogens is 372 g/mol. The first kappa shape index (κ1) is 20.4. The summed E-state index contributed by atoms with van der Waals surface area (Å²) in [6, 6.07) is 16.9. The zero-order valence-electron chi connectivity index (χ0n) is 14.7. The Morgan fingerprint density at radius 3 is 2.38 bits per heavy atom. The molecule has 0 unspecified atom stereocenters. The molecule has 0 aliphatic rings. The molecule has 7 heteroatoms. The van der Waals surface area contributed by atoms with E-state index in [9.17, 15) is 13.2 Å². The lowest BCUT2D eigenvalue weighted by Crippen LogP contribution is -2.35. The Kier molecular flexibility index (Phi) is 7.63. The fourth-order valence-electron chi connectivity index (χ4n) is 2.50. The van der Waals surface area contributed by atoms with Gasteiger partial charge in [0.2, 0.25) is 15.9 Å². The fourth-order valence-corrected chi connectivity index (χ4v) is 3.56. The van der Waals surface area contributed by atoms with E-state index in [4.69, 9.17) is 11.6 Å². The van der Waals surface area contributed by atoms with Crippen molar-refractivity contribution in [2.45, 2.75) is 19.4 Å². The first-order chi connectivity index (χ1) is 12.3. The van der Waals surface area contributed by atoms with Gasteiger partial charge in [0, 0.05) is 31.1 Å². The van der Waals surface area contributed by atoms with Crippen molar-refractivity contribution in [3.8, 4) is 0 Å². The molecule has 0 saturated carbocycles. The summed E-state index contributed by atoms with van der Waals surface area (Å²) in [7, 11) is -3.39. The quantitative estimate of drug-likeness (QED) is 0.711. The predicted molar refractivity (Wildman–Crippen MR) is 104 cm³/mol. The minimum Gasteiger partial charge on any atom is -0.352 e. The normalized spacial score (nSPS) is 11.5. The molecule has 0 aliphatic carbocycles. The number of carbonyl (C=O) groups excluding carboxylic acids is 1. The molecule has 2 aromatic carbocycles. The maximum absolute atomic E-state index is 12.0. The van der Waals surface area contributed by atoms with Gasteiger partial charge in [0.1, 0.15) is 0 Å². The topological polar surface area (TPSA) is 66.5 Å². The maximum Gasteiger partial charge on any atom is 0.221 e. The Balaban J connectivity index is 1.84. The van der Waals surface area contributed by atoms with Crippen LogP contribution in [0.4, 0.5) is 0 Å². The Labute approximate surface area is 160 Å². The molecule has 0 aromatic heterocycles. The van der Waals surface area contributed by atoms with E-state index in [1.807, 2.05) is 48.5 Å². The maximum atomic E-state index is 12.0. The van der Waals surface area contributed by atoms with Crippen molar-refractivity contribution in [2.75, 3.05) is 19.3 Å². The van der Waals surface area contributed by atoms with Crippen molar-refractivity contribution in [2.24, 2.45) is 0 Å². The Hall–Kier alpha value is -1.89. The number of hydrogen-bond acceptors (Lipinski definition) is 3. The number of carbonyl (C=O) groups is 1. The van der Waals surface area contributed by atoms with Gasteiger partial charge in [0.05, 0.1) is 6.26 Å². The van der Waals surface area contributed by atoms with Gasteiger partial charge < -0.3 is 5.32 Å². The highest BCUT2D eigenvalue weighted by molar-refractivity contribution is 7.88. The van der Waals surface area contributed by atoms with Gasteiger partial charge in [-0.05, 0) is 29.7 Å². The summed E-state index contributed by atoms with van der Waals surface area (Å²) in [5, 5.41) is 3.43. The van der Waals surface area contributed by atoms with E-state index in [2.05, 4.69) is 5.32 Å². The molecule has 0 heterocycles. The summed E-state index contributed by atoms with van der Waals surface area (Å²) in [5.41, 5.74) is 1.96. The summed E-state index contributed by atoms with van der Waals surface area (Å²) in [4.78, 5) is 12.0. The molecule has 1 amide bonds. The van der Waals surface area contributed by atoms with Gasteiger partial charge >= 0.3 is 0 Å². The zero-order valence-corrected chi connectivity index (χ0v) is 16.3. The van der Waals surface area contributed by atoms with Crippen molar-refractivity contribution >= 4 is 27.5 Å². The summed E-state index contributed by atoms with van der Waals surface area (Å²) in [5.74, 6) is -0.176. The smallest absolute Gasteiger partial charge is 0.221 e. The van der Waals surface area contributed by atoms with Crippen molar-refractivity contribution in [3.05, 3.63) is 70.7 Å². The molecule has 2 aromatic rings. The molecule has 0 bridgehead atoms. The number of nitrogens with zero attached hydrogens (tertiary/aromatic N) is 1. The SMILES string of the molecule is CS(=O)(=O)N(CCC(=O)NCc1ccccc1)CCc1cccc(Cl)c1. The second-order valence-electron chi connectivity index (χ2n) is 6.05. The van der Waals surface area contributed by atoms with E-state index in [1.54, 1.807) is 6.07 Å². The molecule has 1 N–H and O–H groups in total. The first-order valence-electron chi connectivity index (χ1n) is 8.35. The van der Waals surface area contributed by atoms with E-state index in [1.165, 1.54) is 4.31 Å². The van der Waals surface area contributed by atoms with Gasteiger partial charge in [-0.25, -0.2) is 12.7 Å². The van der Waals surface area contributed by atoms with Crippen LogP contribution in [0.15, 0.2) is 54.6 Å². The largest absolute Gasteiger partial charge is 0.352 e. The van der Waals surface area contributed by atoms with Crippen LogP contribution < -0.4 is 5.32 Å². The van der Waals surface area contributed by atoms with Gasteiger partial charge in [-0.1, -0.05) is 54.1 Å². The molecule has 0 aliphatic heterocycles. The summed E-state index contributed by atoms with van der Waals surface area (Å²) in [6.45, 7) is 0.895. The molecule has 0 spiro atoms. The van der Waals surface area contributed by atoms with Crippen LogP contribution in [0.1, 0.15) is 17.5 Å². The van der Waals surface area contributed by atoms with Crippen LogP contribution in [-0.2, 0) is 27.8 Å². The average Bonchev–Trinajstić information content (AvgIpc) is 2.59. The van der Waals surface area contributed by atoms with Crippen LogP contribution in [0.2, 0.25) is 5.02 Å². The second kappa shape index (κ2) is 9.71. The number of amides is 1. The molecule has 0 radical (unpaired) electrons. The number of nitrogens with one attached hydrogen (secondary N) is 1. The number of halogens is 1. The van der Waals surface area contributed by atoms with Crippen LogP contribution >= 0.6 is 11.6 Å². The second-order valence-corrected chi connectivity index (χ2v) is 8.47. The third-order valence-electron chi connectivity index (χ3n) is 3.93. The van der Waals surface area contributed by atoms with E-state index in [-0.39, 0.29) is 18.9 Å². The van der Waals surface area contributed by atoms with Crippen molar-refractivity contribution in [1.82, 2.24) is 9.62 Å². The highest BCUT2D eigenvalue weighted by Crippen LogP contribution is 2.12. The third kappa shape index (κ3) is 7.15. The monoisotopic (exact) mass is 394 g/mol. The minimum atomic E-state index is -3.39. The van der Waals surface area contributed by atoms with Gasteiger partial charge in [0.15, 0.2) is 0 Å².